The van der Waals surface area contributed by atoms with Gasteiger partial charge in [-0.2, -0.15) is 0 Å². The summed E-state index contributed by atoms with van der Waals surface area (Å²) in [5, 5.41) is 9.80. The summed E-state index contributed by atoms with van der Waals surface area (Å²) in [7, 11) is -3.22. The zero-order valence-electron chi connectivity index (χ0n) is 9.07. The number of pyridine rings is 1. The average molecular weight is 244 g/mol. The molecular weight excluding hydrogens is 228 g/mol. The van der Waals surface area contributed by atoms with Crippen LogP contribution in [-0.2, 0) is 9.84 Å². The van der Waals surface area contributed by atoms with Crippen LogP contribution in [0.1, 0.15) is 11.6 Å². The molecular formula is C10H16N2O3S. The van der Waals surface area contributed by atoms with Crippen molar-refractivity contribution in [2.45, 2.75) is 12.0 Å². The quantitative estimate of drug-likeness (QED) is 0.730. The summed E-state index contributed by atoms with van der Waals surface area (Å²) >= 11 is 0. The van der Waals surface area contributed by atoms with Crippen molar-refractivity contribution >= 4 is 9.84 Å². The molecule has 1 aromatic rings. The van der Waals surface area contributed by atoms with Crippen LogP contribution in [0.5, 0.6) is 0 Å². The molecule has 0 saturated carbocycles. The lowest BCUT2D eigenvalue weighted by atomic mass is 9.99. The van der Waals surface area contributed by atoms with Gasteiger partial charge in [-0.05, 0) is 12.1 Å². The Morgan fingerprint density at radius 3 is 2.62 bits per heavy atom. The molecule has 0 aliphatic heterocycles. The van der Waals surface area contributed by atoms with E-state index in [9.17, 15) is 13.5 Å². The third-order valence-electron chi connectivity index (χ3n) is 2.26. The lowest BCUT2D eigenvalue weighted by Gasteiger charge is -2.19. The van der Waals surface area contributed by atoms with E-state index in [2.05, 4.69) is 4.98 Å². The van der Waals surface area contributed by atoms with Gasteiger partial charge >= 0.3 is 0 Å². The van der Waals surface area contributed by atoms with E-state index < -0.39 is 21.9 Å². The minimum atomic E-state index is -3.22. The van der Waals surface area contributed by atoms with Crippen molar-refractivity contribution in [1.82, 2.24) is 4.98 Å². The highest BCUT2D eigenvalue weighted by Gasteiger charge is 2.24. The molecule has 6 heteroatoms. The highest BCUT2D eigenvalue weighted by molar-refractivity contribution is 7.90. The Balaban J connectivity index is 2.83. The van der Waals surface area contributed by atoms with Crippen molar-refractivity contribution < 1.29 is 13.5 Å². The molecule has 90 valence electrons. The first-order valence-corrected chi connectivity index (χ1v) is 6.97. The number of hydrogen-bond donors (Lipinski definition) is 2. The van der Waals surface area contributed by atoms with Crippen molar-refractivity contribution in [3.05, 3.63) is 30.1 Å². The maximum atomic E-state index is 11.1. The van der Waals surface area contributed by atoms with Gasteiger partial charge < -0.3 is 10.8 Å². The summed E-state index contributed by atoms with van der Waals surface area (Å²) in [4.78, 5) is 4.07. The maximum absolute atomic E-state index is 11.1. The molecule has 2 unspecified atom stereocenters. The lowest BCUT2D eigenvalue weighted by Crippen LogP contribution is -2.32. The zero-order valence-corrected chi connectivity index (χ0v) is 9.89. The van der Waals surface area contributed by atoms with Crippen LogP contribution < -0.4 is 5.73 Å². The molecule has 1 aromatic heterocycles. The van der Waals surface area contributed by atoms with Gasteiger partial charge in [0.1, 0.15) is 9.84 Å². The number of aliphatic hydroxyl groups is 1. The largest absolute Gasteiger partial charge is 0.391 e. The van der Waals surface area contributed by atoms with Crippen LogP contribution in [0, 0.1) is 0 Å². The van der Waals surface area contributed by atoms with E-state index in [1.54, 1.807) is 24.4 Å². The van der Waals surface area contributed by atoms with Gasteiger partial charge in [-0.3, -0.25) is 4.98 Å². The molecule has 0 fully saturated rings. The highest BCUT2D eigenvalue weighted by atomic mass is 32.2. The third kappa shape index (κ3) is 3.88. The van der Waals surface area contributed by atoms with E-state index in [1.807, 2.05) is 0 Å². The van der Waals surface area contributed by atoms with E-state index in [0.29, 0.717) is 5.69 Å². The van der Waals surface area contributed by atoms with Crippen LogP contribution in [0.3, 0.4) is 0 Å². The summed E-state index contributed by atoms with van der Waals surface area (Å²) in [6.07, 6.45) is 1.66. The normalized spacial score (nSPS) is 15.7. The lowest BCUT2D eigenvalue weighted by molar-refractivity contribution is 0.165. The van der Waals surface area contributed by atoms with Crippen molar-refractivity contribution in [1.29, 1.82) is 0 Å². The number of nitrogens with two attached hydrogens (primary N) is 1. The van der Waals surface area contributed by atoms with Gasteiger partial charge in [0.15, 0.2) is 0 Å². The molecule has 0 aliphatic carbocycles. The number of sulfone groups is 1. The van der Waals surface area contributed by atoms with Gasteiger partial charge in [0.25, 0.3) is 0 Å². The third-order valence-corrected chi connectivity index (χ3v) is 3.21. The summed E-state index contributed by atoms with van der Waals surface area (Å²) in [5.74, 6) is -0.748. The molecule has 0 amide bonds. The van der Waals surface area contributed by atoms with E-state index in [-0.39, 0.29) is 12.3 Å². The number of rotatable bonds is 5. The zero-order chi connectivity index (χ0) is 12.2. The van der Waals surface area contributed by atoms with Gasteiger partial charge in [0.2, 0.25) is 0 Å². The Labute approximate surface area is 95.2 Å². The minimum absolute atomic E-state index is 0.160. The number of aliphatic hydroxyl groups excluding tert-OH is 1. The SMILES string of the molecule is CS(=O)(=O)CC(O)C(CN)c1ccccn1. The molecule has 0 aliphatic rings. The second-order valence-electron chi connectivity index (χ2n) is 3.76. The van der Waals surface area contributed by atoms with Crippen molar-refractivity contribution in [2.75, 3.05) is 18.6 Å². The predicted molar refractivity (Wildman–Crippen MR) is 61.8 cm³/mol. The summed E-state index contributed by atoms with van der Waals surface area (Å²) in [6.45, 7) is 0.160. The first-order valence-electron chi connectivity index (χ1n) is 4.91. The van der Waals surface area contributed by atoms with Gasteiger partial charge in [-0.1, -0.05) is 6.07 Å². The molecule has 0 radical (unpaired) electrons. The minimum Gasteiger partial charge on any atom is -0.391 e. The smallest absolute Gasteiger partial charge is 0.150 e. The fourth-order valence-corrected chi connectivity index (χ4v) is 2.35. The molecule has 0 saturated heterocycles. The Hall–Kier alpha value is -0.980. The van der Waals surface area contributed by atoms with Crippen LogP contribution in [-0.4, -0.2) is 43.2 Å². The molecule has 1 rings (SSSR count). The van der Waals surface area contributed by atoms with E-state index in [4.69, 9.17) is 5.73 Å². The summed E-state index contributed by atoms with van der Waals surface area (Å²) < 4.78 is 22.1. The number of nitrogens with zero attached hydrogens (tertiary/aromatic N) is 1. The van der Waals surface area contributed by atoms with Crippen molar-refractivity contribution in [3.8, 4) is 0 Å². The van der Waals surface area contributed by atoms with E-state index in [1.165, 1.54) is 0 Å². The molecule has 1 heterocycles. The first-order chi connectivity index (χ1) is 7.44. The molecule has 5 nitrogen and oxygen atoms in total. The first kappa shape index (κ1) is 13.1. The van der Waals surface area contributed by atoms with Crippen molar-refractivity contribution in [2.24, 2.45) is 5.73 Å². The van der Waals surface area contributed by atoms with Crippen LogP contribution in [0.15, 0.2) is 24.4 Å². The van der Waals surface area contributed by atoms with Gasteiger partial charge in [0.05, 0.1) is 11.9 Å². The summed E-state index contributed by atoms with van der Waals surface area (Å²) in [5.41, 5.74) is 6.14. The monoisotopic (exact) mass is 244 g/mol. The highest BCUT2D eigenvalue weighted by Crippen LogP contribution is 2.17. The van der Waals surface area contributed by atoms with Crippen molar-refractivity contribution in [3.63, 3.8) is 0 Å². The topological polar surface area (TPSA) is 93.3 Å². The Kier molecular flexibility index (Phi) is 4.40. The summed E-state index contributed by atoms with van der Waals surface area (Å²) in [6, 6.07) is 5.25. The van der Waals surface area contributed by atoms with Gasteiger partial charge in [-0.25, -0.2) is 8.42 Å². The van der Waals surface area contributed by atoms with Crippen LogP contribution in [0.4, 0.5) is 0 Å². The van der Waals surface area contributed by atoms with Crippen LogP contribution >= 0.6 is 0 Å². The fourth-order valence-electron chi connectivity index (χ4n) is 1.50. The molecule has 16 heavy (non-hydrogen) atoms. The van der Waals surface area contributed by atoms with Gasteiger partial charge in [-0.15, -0.1) is 0 Å². The predicted octanol–water partition coefficient (Wildman–Crippen LogP) is -0.471. The average Bonchev–Trinajstić information content (AvgIpc) is 2.17. The maximum Gasteiger partial charge on any atom is 0.150 e. The number of hydrogen-bond acceptors (Lipinski definition) is 5. The second kappa shape index (κ2) is 5.38. The standard InChI is InChI=1S/C10H16N2O3S/c1-16(14,15)7-10(13)8(6-11)9-4-2-3-5-12-9/h2-5,8,10,13H,6-7,11H2,1H3. The molecule has 0 bridgehead atoms. The van der Waals surface area contributed by atoms with E-state index >= 15 is 0 Å². The van der Waals surface area contributed by atoms with Crippen LogP contribution in [0.25, 0.3) is 0 Å². The molecule has 0 aromatic carbocycles. The second-order valence-corrected chi connectivity index (χ2v) is 5.94. The molecule has 0 spiro atoms. The molecule has 3 N–H and O–H groups in total. The van der Waals surface area contributed by atoms with Crippen LogP contribution in [0.2, 0.25) is 0 Å². The fraction of sp³-hybridized carbons (Fsp3) is 0.500. The Morgan fingerprint density at radius 2 is 2.19 bits per heavy atom. The molecule has 2 atom stereocenters. The number of aromatic nitrogens is 1. The Morgan fingerprint density at radius 1 is 1.50 bits per heavy atom. The Bertz CT molecular complexity index is 419. The van der Waals surface area contributed by atoms with E-state index in [0.717, 1.165) is 6.26 Å². The van der Waals surface area contributed by atoms with Gasteiger partial charge in [0, 0.05) is 30.6 Å².